The zero-order valence-electron chi connectivity index (χ0n) is 14.1. The number of thiocarbonyl (C=S) groups is 1. The SMILES string of the molecule is Cc1ccccc1C(=O)N[C@@H](NC(=S)Nc1c(Cl)cc(Cl)cc1Cl)C(Cl)(Cl)Cl. The van der Waals surface area contributed by atoms with Crippen LogP contribution in [-0.2, 0) is 0 Å². The van der Waals surface area contributed by atoms with E-state index in [0.29, 0.717) is 16.3 Å². The first-order valence-electron chi connectivity index (χ1n) is 7.64. The van der Waals surface area contributed by atoms with Crippen molar-refractivity contribution in [2.24, 2.45) is 0 Å². The maximum atomic E-state index is 12.6. The van der Waals surface area contributed by atoms with Crippen LogP contribution in [-0.4, -0.2) is 21.0 Å². The van der Waals surface area contributed by atoms with Gasteiger partial charge in [0, 0.05) is 10.6 Å². The summed E-state index contributed by atoms with van der Waals surface area (Å²) in [6.45, 7) is 1.80. The second-order valence-corrected chi connectivity index (χ2v) is 9.63. The number of anilines is 1. The summed E-state index contributed by atoms with van der Waals surface area (Å²) in [5, 5.41) is 9.03. The van der Waals surface area contributed by atoms with Crippen LogP contribution >= 0.6 is 81.8 Å². The molecule has 0 aliphatic rings. The lowest BCUT2D eigenvalue weighted by molar-refractivity contribution is 0.0934. The van der Waals surface area contributed by atoms with E-state index in [1.807, 2.05) is 6.07 Å². The highest BCUT2D eigenvalue weighted by Gasteiger charge is 2.35. The maximum Gasteiger partial charge on any atom is 0.253 e. The summed E-state index contributed by atoms with van der Waals surface area (Å²) in [6.07, 6.45) is -1.14. The number of amides is 1. The molecule has 1 amide bonds. The van der Waals surface area contributed by atoms with Crippen LogP contribution in [0.15, 0.2) is 36.4 Å². The largest absolute Gasteiger partial charge is 0.339 e. The Kier molecular flexibility index (Phi) is 8.35. The van der Waals surface area contributed by atoms with Gasteiger partial charge in [0.15, 0.2) is 5.11 Å². The first kappa shape index (κ1) is 23.6. The third kappa shape index (κ3) is 6.42. The van der Waals surface area contributed by atoms with E-state index in [1.54, 1.807) is 25.1 Å². The van der Waals surface area contributed by atoms with Gasteiger partial charge in [-0.05, 0) is 42.9 Å². The molecule has 0 aromatic heterocycles. The Morgan fingerprint density at radius 1 is 1.04 bits per heavy atom. The highest BCUT2D eigenvalue weighted by atomic mass is 35.6. The lowest BCUT2D eigenvalue weighted by Gasteiger charge is -2.28. The lowest BCUT2D eigenvalue weighted by Crippen LogP contribution is -2.56. The van der Waals surface area contributed by atoms with Crippen LogP contribution < -0.4 is 16.0 Å². The van der Waals surface area contributed by atoms with Gasteiger partial charge in [-0.15, -0.1) is 0 Å². The molecule has 0 saturated carbocycles. The van der Waals surface area contributed by atoms with E-state index in [1.165, 1.54) is 12.1 Å². The minimum absolute atomic E-state index is 0.0209. The Hall–Kier alpha value is -0.660. The van der Waals surface area contributed by atoms with Crippen molar-refractivity contribution in [3.8, 4) is 0 Å². The van der Waals surface area contributed by atoms with Gasteiger partial charge < -0.3 is 16.0 Å². The minimum atomic E-state index is -1.91. The molecule has 11 heteroatoms. The number of carbonyl (C=O) groups is 1. The molecule has 0 saturated heterocycles. The summed E-state index contributed by atoms with van der Waals surface area (Å²) in [5.41, 5.74) is 1.52. The highest BCUT2D eigenvalue weighted by Crippen LogP contribution is 2.34. The van der Waals surface area contributed by atoms with Gasteiger partial charge in [-0.25, -0.2) is 0 Å². The molecule has 0 fully saturated rings. The zero-order valence-corrected chi connectivity index (χ0v) is 19.5. The van der Waals surface area contributed by atoms with Gasteiger partial charge in [-0.3, -0.25) is 4.79 Å². The summed E-state index contributed by atoms with van der Waals surface area (Å²) in [7, 11) is 0. The van der Waals surface area contributed by atoms with E-state index in [4.69, 9.17) is 81.8 Å². The molecule has 3 N–H and O–H groups in total. The Balaban J connectivity index is 2.16. The molecule has 0 radical (unpaired) electrons. The molecule has 0 heterocycles. The van der Waals surface area contributed by atoms with Gasteiger partial charge in [0.2, 0.25) is 3.79 Å². The van der Waals surface area contributed by atoms with Gasteiger partial charge >= 0.3 is 0 Å². The van der Waals surface area contributed by atoms with E-state index in [-0.39, 0.29) is 15.2 Å². The fraction of sp³-hybridized carbons (Fsp3) is 0.176. The van der Waals surface area contributed by atoms with Crippen LogP contribution in [0.25, 0.3) is 0 Å². The molecule has 2 aromatic carbocycles. The molecule has 28 heavy (non-hydrogen) atoms. The molecule has 2 rings (SSSR count). The van der Waals surface area contributed by atoms with Crippen LogP contribution in [0.5, 0.6) is 0 Å². The smallest absolute Gasteiger partial charge is 0.253 e. The number of hydrogen-bond donors (Lipinski definition) is 3. The molecule has 0 bridgehead atoms. The molecule has 0 aliphatic heterocycles. The molecular weight excluding hydrogens is 507 g/mol. The van der Waals surface area contributed by atoms with E-state index < -0.39 is 15.9 Å². The topological polar surface area (TPSA) is 53.2 Å². The third-order valence-electron chi connectivity index (χ3n) is 3.51. The number of hydrogen-bond acceptors (Lipinski definition) is 2. The van der Waals surface area contributed by atoms with Crippen molar-refractivity contribution in [2.75, 3.05) is 5.32 Å². The van der Waals surface area contributed by atoms with Gasteiger partial charge in [0.25, 0.3) is 5.91 Å². The van der Waals surface area contributed by atoms with Gasteiger partial charge in [0.1, 0.15) is 6.17 Å². The fourth-order valence-electron chi connectivity index (χ4n) is 2.18. The first-order chi connectivity index (χ1) is 13.0. The van der Waals surface area contributed by atoms with Gasteiger partial charge in [-0.1, -0.05) is 87.8 Å². The van der Waals surface area contributed by atoms with Crippen LogP contribution in [0, 0.1) is 6.92 Å². The monoisotopic (exact) mass is 517 g/mol. The van der Waals surface area contributed by atoms with Crippen LogP contribution in [0.2, 0.25) is 15.1 Å². The Bertz CT molecular complexity index is 880. The second-order valence-electron chi connectivity index (χ2n) is 5.61. The number of aryl methyl sites for hydroxylation is 1. The first-order valence-corrected chi connectivity index (χ1v) is 10.3. The Labute approximate surface area is 197 Å². The Morgan fingerprint density at radius 2 is 1.61 bits per heavy atom. The van der Waals surface area contributed by atoms with E-state index in [2.05, 4.69) is 16.0 Å². The summed E-state index contributed by atoms with van der Waals surface area (Å²) in [5.74, 6) is -0.438. The van der Waals surface area contributed by atoms with Crippen molar-refractivity contribution in [3.05, 3.63) is 62.6 Å². The van der Waals surface area contributed by atoms with E-state index >= 15 is 0 Å². The molecule has 0 spiro atoms. The number of halogens is 6. The second kappa shape index (κ2) is 9.90. The number of nitrogens with one attached hydrogen (secondary N) is 3. The average Bonchev–Trinajstić information content (AvgIpc) is 2.57. The van der Waals surface area contributed by atoms with Crippen molar-refractivity contribution in [3.63, 3.8) is 0 Å². The van der Waals surface area contributed by atoms with Crippen molar-refractivity contribution < 1.29 is 4.79 Å². The van der Waals surface area contributed by atoms with Crippen molar-refractivity contribution in [2.45, 2.75) is 16.9 Å². The minimum Gasteiger partial charge on any atom is -0.339 e. The van der Waals surface area contributed by atoms with Gasteiger partial charge in [-0.2, -0.15) is 0 Å². The fourth-order valence-corrected chi connectivity index (χ4v) is 3.64. The molecule has 4 nitrogen and oxygen atoms in total. The zero-order chi connectivity index (χ0) is 21.1. The standard InChI is InChI=1S/C17H13Cl6N3OS/c1-8-4-2-3-5-10(8)14(27)25-15(17(21,22)23)26-16(28)24-13-11(19)6-9(18)7-12(13)20/h2-7,15H,1H3,(H,25,27)(H2,24,26,28)/t15-/m0/s1. The third-order valence-corrected chi connectivity index (χ3v) is 5.20. The van der Waals surface area contributed by atoms with Crippen LogP contribution in [0.4, 0.5) is 5.69 Å². The normalized spacial score (nSPS) is 12.2. The molecule has 2 aromatic rings. The molecule has 150 valence electrons. The number of rotatable bonds is 4. The summed E-state index contributed by atoms with van der Waals surface area (Å²) in [6, 6.07) is 9.98. The predicted molar refractivity (Wildman–Crippen MR) is 124 cm³/mol. The van der Waals surface area contributed by atoms with Crippen molar-refractivity contribution in [1.82, 2.24) is 10.6 Å². The molecular formula is C17H13Cl6N3OS. The molecule has 1 atom stereocenters. The molecule has 0 unspecified atom stereocenters. The summed E-state index contributed by atoms with van der Waals surface area (Å²) >= 11 is 41.3. The number of benzene rings is 2. The maximum absolute atomic E-state index is 12.6. The summed E-state index contributed by atoms with van der Waals surface area (Å²) < 4.78 is -1.91. The van der Waals surface area contributed by atoms with Crippen LogP contribution in [0.3, 0.4) is 0 Å². The number of carbonyl (C=O) groups excluding carboxylic acids is 1. The highest BCUT2D eigenvalue weighted by molar-refractivity contribution is 7.80. The Morgan fingerprint density at radius 3 is 2.14 bits per heavy atom. The summed E-state index contributed by atoms with van der Waals surface area (Å²) in [4.78, 5) is 12.6. The molecule has 0 aliphatic carbocycles. The van der Waals surface area contributed by atoms with Crippen molar-refractivity contribution in [1.29, 1.82) is 0 Å². The van der Waals surface area contributed by atoms with E-state index in [9.17, 15) is 4.79 Å². The lowest BCUT2D eigenvalue weighted by atomic mass is 10.1. The predicted octanol–water partition coefficient (Wildman–Crippen LogP) is 6.37. The van der Waals surface area contributed by atoms with Crippen LogP contribution in [0.1, 0.15) is 15.9 Å². The van der Waals surface area contributed by atoms with E-state index in [0.717, 1.165) is 5.56 Å². The number of alkyl halides is 3. The quantitative estimate of drug-likeness (QED) is 0.250. The van der Waals surface area contributed by atoms with Gasteiger partial charge in [0.05, 0.1) is 15.7 Å². The van der Waals surface area contributed by atoms with Crippen molar-refractivity contribution >= 4 is 98.5 Å². The average molecular weight is 520 g/mol.